The second-order valence-electron chi connectivity index (χ2n) is 3.82. The predicted molar refractivity (Wildman–Crippen MR) is 73.5 cm³/mol. The molecule has 100 valence electrons. The van der Waals surface area contributed by atoms with Gasteiger partial charge < -0.3 is 14.8 Å². The topological polar surface area (TPSA) is 56.3 Å². The molecule has 5 nitrogen and oxygen atoms in total. The van der Waals surface area contributed by atoms with E-state index >= 15 is 0 Å². The van der Waals surface area contributed by atoms with E-state index in [0.717, 1.165) is 11.4 Å². The fraction of sp³-hybridized carbons (Fsp3) is 0.286. The summed E-state index contributed by atoms with van der Waals surface area (Å²) < 4.78 is 10.6. The third-order valence-electron chi connectivity index (χ3n) is 2.52. The number of methoxy groups -OCH3 is 1. The Morgan fingerprint density at radius 1 is 1.21 bits per heavy atom. The number of anilines is 1. The van der Waals surface area contributed by atoms with Gasteiger partial charge >= 0.3 is 0 Å². The van der Waals surface area contributed by atoms with Crippen molar-refractivity contribution < 1.29 is 9.47 Å². The molecule has 0 saturated carbocycles. The fourth-order valence-electron chi connectivity index (χ4n) is 1.67. The van der Waals surface area contributed by atoms with Gasteiger partial charge in [-0.15, -0.1) is 0 Å². The van der Waals surface area contributed by atoms with Crippen LogP contribution in [0.25, 0.3) is 0 Å². The molecule has 0 aliphatic rings. The van der Waals surface area contributed by atoms with Crippen LogP contribution in [0.15, 0.2) is 36.5 Å². The molecule has 2 rings (SSSR count). The van der Waals surface area contributed by atoms with Gasteiger partial charge in [-0.1, -0.05) is 12.1 Å². The zero-order chi connectivity index (χ0) is 13.5. The summed E-state index contributed by atoms with van der Waals surface area (Å²) in [5.74, 6) is 2.00. The van der Waals surface area contributed by atoms with Crippen molar-refractivity contribution in [3.05, 3.63) is 42.1 Å². The van der Waals surface area contributed by atoms with Crippen molar-refractivity contribution in [3.63, 3.8) is 0 Å². The highest BCUT2D eigenvalue weighted by atomic mass is 16.5. The normalized spacial score (nSPS) is 10.0. The van der Waals surface area contributed by atoms with Gasteiger partial charge in [0.05, 0.1) is 13.7 Å². The molecule has 0 amide bonds. The van der Waals surface area contributed by atoms with Gasteiger partial charge in [0.25, 0.3) is 0 Å². The van der Waals surface area contributed by atoms with E-state index in [9.17, 15) is 0 Å². The van der Waals surface area contributed by atoms with Gasteiger partial charge in [0, 0.05) is 24.4 Å². The van der Waals surface area contributed by atoms with E-state index < -0.39 is 0 Å². The van der Waals surface area contributed by atoms with E-state index in [4.69, 9.17) is 9.47 Å². The van der Waals surface area contributed by atoms with E-state index in [-0.39, 0.29) is 0 Å². The van der Waals surface area contributed by atoms with Crippen molar-refractivity contribution in [2.24, 2.45) is 0 Å². The molecule has 0 atom stereocenters. The molecule has 5 heteroatoms. The molecule has 0 radical (unpaired) electrons. The number of rotatable bonds is 6. The Bertz CT molecular complexity index is 532. The number of ether oxygens (including phenoxy) is 2. The van der Waals surface area contributed by atoms with Gasteiger partial charge in [-0.3, -0.25) is 0 Å². The number of nitrogens with one attached hydrogen (secondary N) is 1. The first-order valence-corrected chi connectivity index (χ1v) is 6.15. The lowest BCUT2D eigenvalue weighted by molar-refractivity contribution is 0.327. The fourth-order valence-corrected chi connectivity index (χ4v) is 1.67. The third kappa shape index (κ3) is 3.58. The molecule has 2 heterocycles. The summed E-state index contributed by atoms with van der Waals surface area (Å²) in [6, 6.07) is 9.47. The summed E-state index contributed by atoms with van der Waals surface area (Å²) in [5.41, 5.74) is 0.980. The third-order valence-corrected chi connectivity index (χ3v) is 2.52. The van der Waals surface area contributed by atoms with E-state index in [2.05, 4.69) is 15.3 Å². The highest BCUT2D eigenvalue weighted by Gasteiger charge is 2.03. The smallest absolute Gasteiger partial charge is 0.218 e. The van der Waals surface area contributed by atoms with Crippen LogP contribution < -0.4 is 14.8 Å². The highest BCUT2D eigenvalue weighted by molar-refractivity contribution is 5.39. The van der Waals surface area contributed by atoms with Crippen LogP contribution in [0.1, 0.15) is 12.5 Å². The maximum absolute atomic E-state index is 5.36. The quantitative estimate of drug-likeness (QED) is 0.863. The van der Waals surface area contributed by atoms with Crippen molar-refractivity contribution in [1.29, 1.82) is 0 Å². The molecule has 0 aromatic carbocycles. The van der Waals surface area contributed by atoms with Gasteiger partial charge in [-0.25, -0.2) is 4.98 Å². The Hall–Kier alpha value is -2.30. The predicted octanol–water partition coefficient (Wildman–Crippen LogP) is 2.50. The summed E-state index contributed by atoms with van der Waals surface area (Å²) in [6.07, 6.45) is 1.70. The number of nitrogens with zero attached hydrogens (tertiary/aromatic N) is 2. The van der Waals surface area contributed by atoms with Gasteiger partial charge in [-0.2, -0.15) is 4.98 Å². The monoisotopic (exact) mass is 259 g/mol. The van der Waals surface area contributed by atoms with Crippen molar-refractivity contribution in [3.8, 4) is 11.8 Å². The van der Waals surface area contributed by atoms with Crippen LogP contribution in [-0.2, 0) is 6.54 Å². The molecule has 0 aliphatic carbocycles. The van der Waals surface area contributed by atoms with Gasteiger partial charge in [0.1, 0.15) is 5.82 Å². The van der Waals surface area contributed by atoms with Crippen LogP contribution in [0.3, 0.4) is 0 Å². The van der Waals surface area contributed by atoms with Gasteiger partial charge in [0.2, 0.25) is 11.8 Å². The first-order chi connectivity index (χ1) is 9.33. The Morgan fingerprint density at radius 2 is 2.11 bits per heavy atom. The molecule has 0 unspecified atom stereocenters. The summed E-state index contributed by atoms with van der Waals surface area (Å²) in [5, 5.41) is 3.22. The van der Waals surface area contributed by atoms with Crippen LogP contribution in [0.5, 0.6) is 11.8 Å². The second-order valence-corrected chi connectivity index (χ2v) is 3.82. The molecule has 0 bridgehead atoms. The molecule has 19 heavy (non-hydrogen) atoms. The Morgan fingerprint density at radius 3 is 2.89 bits per heavy atom. The Kier molecular flexibility index (Phi) is 4.55. The van der Waals surface area contributed by atoms with Gasteiger partial charge in [-0.05, 0) is 19.1 Å². The zero-order valence-electron chi connectivity index (χ0n) is 11.1. The molecule has 2 aromatic rings. The van der Waals surface area contributed by atoms with Crippen LogP contribution in [-0.4, -0.2) is 23.7 Å². The standard InChI is InChI=1S/C14H17N3O2/c1-3-19-13-8-4-7-12(17-13)16-10-11-6-5-9-15-14(11)18-2/h4-9H,3,10H2,1-2H3,(H,16,17). The minimum atomic E-state index is 0.597. The maximum atomic E-state index is 5.36. The summed E-state index contributed by atoms with van der Waals surface area (Å²) in [7, 11) is 1.61. The molecule has 1 N–H and O–H groups in total. The number of hydrogen-bond donors (Lipinski definition) is 1. The molecule has 0 fully saturated rings. The van der Waals surface area contributed by atoms with Crippen LogP contribution in [0.2, 0.25) is 0 Å². The van der Waals surface area contributed by atoms with E-state index in [1.54, 1.807) is 13.3 Å². The van der Waals surface area contributed by atoms with Gasteiger partial charge in [0.15, 0.2) is 0 Å². The number of hydrogen-bond acceptors (Lipinski definition) is 5. The lowest BCUT2D eigenvalue weighted by atomic mass is 10.2. The average Bonchev–Trinajstić information content (AvgIpc) is 2.46. The Balaban J connectivity index is 2.03. The van der Waals surface area contributed by atoms with E-state index in [1.165, 1.54) is 0 Å². The minimum Gasteiger partial charge on any atom is -0.481 e. The zero-order valence-corrected chi connectivity index (χ0v) is 11.1. The molecule has 0 saturated heterocycles. The first-order valence-electron chi connectivity index (χ1n) is 6.15. The maximum Gasteiger partial charge on any atom is 0.218 e. The van der Waals surface area contributed by atoms with Crippen molar-refractivity contribution in [2.45, 2.75) is 13.5 Å². The largest absolute Gasteiger partial charge is 0.481 e. The molecular formula is C14H17N3O2. The lowest BCUT2D eigenvalue weighted by Gasteiger charge is -2.09. The molecule has 0 spiro atoms. The van der Waals surface area contributed by atoms with Crippen molar-refractivity contribution in [2.75, 3.05) is 19.0 Å². The SMILES string of the molecule is CCOc1cccc(NCc2cccnc2OC)n1. The number of aromatic nitrogens is 2. The molecular weight excluding hydrogens is 242 g/mol. The first kappa shape index (κ1) is 13.1. The second kappa shape index (κ2) is 6.58. The van der Waals surface area contributed by atoms with E-state index in [1.807, 2.05) is 37.3 Å². The van der Waals surface area contributed by atoms with Crippen LogP contribution in [0, 0.1) is 0 Å². The highest BCUT2D eigenvalue weighted by Crippen LogP contribution is 2.16. The lowest BCUT2D eigenvalue weighted by Crippen LogP contribution is -2.04. The van der Waals surface area contributed by atoms with Crippen LogP contribution in [0.4, 0.5) is 5.82 Å². The average molecular weight is 259 g/mol. The molecule has 2 aromatic heterocycles. The van der Waals surface area contributed by atoms with Crippen LogP contribution >= 0.6 is 0 Å². The van der Waals surface area contributed by atoms with E-state index in [0.29, 0.717) is 24.9 Å². The van der Waals surface area contributed by atoms with Crippen molar-refractivity contribution in [1.82, 2.24) is 9.97 Å². The number of pyridine rings is 2. The summed E-state index contributed by atoms with van der Waals surface area (Å²) in [4.78, 5) is 8.49. The Labute approximate surface area is 112 Å². The molecule has 0 aliphatic heterocycles. The summed E-state index contributed by atoms with van der Waals surface area (Å²) in [6.45, 7) is 3.13. The minimum absolute atomic E-state index is 0.597. The van der Waals surface area contributed by atoms with Crippen molar-refractivity contribution >= 4 is 5.82 Å². The summed E-state index contributed by atoms with van der Waals surface area (Å²) >= 11 is 0.